The number of hydrogen-bond acceptors (Lipinski definition) is 5. The van der Waals surface area contributed by atoms with Gasteiger partial charge in [-0.05, 0) is 19.3 Å². The molecule has 0 aromatic carbocycles. The predicted octanol–water partition coefficient (Wildman–Crippen LogP) is -2.05. The van der Waals surface area contributed by atoms with Crippen molar-refractivity contribution in [2.45, 2.75) is 30.8 Å². The molecule has 6 N–H and O–H groups in total. The second kappa shape index (κ2) is 5.58. The fourth-order valence-electron chi connectivity index (χ4n) is 1.89. The Morgan fingerprint density at radius 3 is 2.19 bits per heavy atom. The fourth-order valence-corrected chi connectivity index (χ4v) is 1.89. The molecule has 1 aliphatic rings. The number of nitrogens with one attached hydrogen (secondary N) is 1. The van der Waals surface area contributed by atoms with E-state index in [2.05, 4.69) is 5.32 Å². The van der Waals surface area contributed by atoms with Crippen LogP contribution in [0, 0.1) is 5.92 Å². The number of nitrogens with two attached hydrogens (primary N) is 1. The van der Waals surface area contributed by atoms with Gasteiger partial charge in [0.05, 0.1) is 19.8 Å². The average molecular weight is 232 g/mol. The highest BCUT2D eigenvalue weighted by Gasteiger charge is 2.35. The summed E-state index contributed by atoms with van der Waals surface area (Å²) >= 11 is 0. The summed E-state index contributed by atoms with van der Waals surface area (Å²) in [5.74, 6) is -0.441. The van der Waals surface area contributed by atoms with Crippen molar-refractivity contribution in [1.82, 2.24) is 5.32 Å². The third-order valence-corrected chi connectivity index (χ3v) is 3.14. The molecule has 6 heteroatoms. The first kappa shape index (κ1) is 13.4. The number of carbonyl (C=O) groups is 1. The molecule has 0 heterocycles. The summed E-state index contributed by atoms with van der Waals surface area (Å²) in [6, 6.07) is 0.0440. The van der Waals surface area contributed by atoms with Crippen LogP contribution in [0.25, 0.3) is 0 Å². The topological polar surface area (TPSA) is 116 Å². The molecule has 1 fully saturated rings. The first-order valence-electron chi connectivity index (χ1n) is 5.47. The Kier molecular flexibility index (Phi) is 4.67. The van der Waals surface area contributed by atoms with Crippen LogP contribution in [0.1, 0.15) is 19.3 Å². The third kappa shape index (κ3) is 2.91. The van der Waals surface area contributed by atoms with Crippen LogP contribution < -0.4 is 11.1 Å². The van der Waals surface area contributed by atoms with Gasteiger partial charge in [-0.2, -0.15) is 0 Å². The molecular formula is C10H20N2O4. The SMILES string of the molecule is NC1CCC(C(=O)NC(CO)(CO)CO)C1. The Hall–Kier alpha value is -0.690. The van der Waals surface area contributed by atoms with Gasteiger partial charge in [0.1, 0.15) is 5.54 Å². The minimum atomic E-state index is -1.33. The molecule has 0 aromatic rings. The van der Waals surface area contributed by atoms with Crippen LogP contribution in [0.2, 0.25) is 0 Å². The van der Waals surface area contributed by atoms with Gasteiger partial charge >= 0.3 is 0 Å². The van der Waals surface area contributed by atoms with E-state index in [4.69, 9.17) is 21.1 Å². The van der Waals surface area contributed by atoms with Crippen LogP contribution in [0.4, 0.5) is 0 Å². The second-order valence-electron chi connectivity index (χ2n) is 4.51. The largest absolute Gasteiger partial charge is 0.394 e. The number of amides is 1. The molecule has 16 heavy (non-hydrogen) atoms. The number of aliphatic hydroxyl groups is 3. The first-order chi connectivity index (χ1) is 7.56. The number of aliphatic hydroxyl groups excluding tert-OH is 3. The van der Waals surface area contributed by atoms with Gasteiger partial charge in [-0.15, -0.1) is 0 Å². The molecule has 6 nitrogen and oxygen atoms in total. The highest BCUT2D eigenvalue weighted by atomic mass is 16.3. The Morgan fingerprint density at radius 1 is 1.25 bits per heavy atom. The van der Waals surface area contributed by atoms with E-state index in [0.717, 1.165) is 6.42 Å². The van der Waals surface area contributed by atoms with E-state index in [1.165, 1.54) is 0 Å². The van der Waals surface area contributed by atoms with Gasteiger partial charge in [0.25, 0.3) is 0 Å². The average Bonchev–Trinajstić information content (AvgIpc) is 2.73. The fraction of sp³-hybridized carbons (Fsp3) is 0.900. The quantitative estimate of drug-likeness (QED) is 0.374. The molecule has 0 spiro atoms. The van der Waals surface area contributed by atoms with Gasteiger partial charge in [-0.1, -0.05) is 0 Å². The van der Waals surface area contributed by atoms with Crippen molar-refractivity contribution in [2.75, 3.05) is 19.8 Å². The van der Waals surface area contributed by atoms with Crippen LogP contribution >= 0.6 is 0 Å². The molecule has 0 bridgehead atoms. The highest BCUT2D eigenvalue weighted by Crippen LogP contribution is 2.24. The summed E-state index contributed by atoms with van der Waals surface area (Å²) in [5.41, 5.74) is 4.37. The maximum atomic E-state index is 11.8. The van der Waals surface area contributed by atoms with Gasteiger partial charge in [0.15, 0.2) is 0 Å². The van der Waals surface area contributed by atoms with Crippen molar-refractivity contribution in [3.05, 3.63) is 0 Å². The van der Waals surface area contributed by atoms with E-state index in [9.17, 15) is 4.79 Å². The van der Waals surface area contributed by atoms with Crippen LogP contribution in [-0.2, 0) is 4.79 Å². The van der Waals surface area contributed by atoms with E-state index in [0.29, 0.717) is 12.8 Å². The van der Waals surface area contributed by atoms with Gasteiger partial charge < -0.3 is 26.4 Å². The van der Waals surface area contributed by atoms with Crippen molar-refractivity contribution in [2.24, 2.45) is 11.7 Å². The molecule has 0 aliphatic heterocycles. The number of carbonyl (C=O) groups excluding carboxylic acids is 1. The normalized spacial score (nSPS) is 25.8. The lowest BCUT2D eigenvalue weighted by atomic mass is 10.00. The van der Waals surface area contributed by atoms with Gasteiger partial charge in [0.2, 0.25) is 5.91 Å². The Bertz CT molecular complexity index is 235. The lowest BCUT2D eigenvalue weighted by Crippen LogP contribution is -2.58. The van der Waals surface area contributed by atoms with Gasteiger partial charge in [0, 0.05) is 12.0 Å². The lowest BCUT2D eigenvalue weighted by molar-refractivity contribution is -0.129. The smallest absolute Gasteiger partial charge is 0.223 e. The molecule has 1 amide bonds. The van der Waals surface area contributed by atoms with E-state index in [1.807, 2.05) is 0 Å². The Labute approximate surface area is 94.5 Å². The summed E-state index contributed by atoms with van der Waals surface area (Å²) in [7, 11) is 0. The summed E-state index contributed by atoms with van der Waals surface area (Å²) in [4.78, 5) is 11.8. The third-order valence-electron chi connectivity index (χ3n) is 3.14. The molecule has 1 saturated carbocycles. The summed E-state index contributed by atoms with van der Waals surface area (Å²) < 4.78 is 0. The van der Waals surface area contributed by atoms with E-state index in [-0.39, 0.29) is 17.9 Å². The Balaban J connectivity index is 2.55. The standard InChI is InChI=1S/C10H20N2O4/c11-8-2-1-7(3-8)9(16)12-10(4-13,5-14)6-15/h7-8,13-15H,1-6,11H2,(H,12,16). The second-order valence-corrected chi connectivity index (χ2v) is 4.51. The molecule has 0 aromatic heterocycles. The molecule has 2 atom stereocenters. The molecule has 94 valence electrons. The molecular weight excluding hydrogens is 212 g/mol. The van der Waals surface area contributed by atoms with Crippen molar-refractivity contribution >= 4 is 5.91 Å². The van der Waals surface area contributed by atoms with Gasteiger partial charge in [-0.25, -0.2) is 0 Å². The van der Waals surface area contributed by atoms with E-state index in [1.54, 1.807) is 0 Å². The van der Waals surface area contributed by atoms with Crippen molar-refractivity contribution < 1.29 is 20.1 Å². The molecule has 1 aliphatic carbocycles. The number of rotatable bonds is 5. The van der Waals surface area contributed by atoms with Crippen molar-refractivity contribution in [1.29, 1.82) is 0 Å². The van der Waals surface area contributed by atoms with E-state index < -0.39 is 25.4 Å². The lowest BCUT2D eigenvalue weighted by Gasteiger charge is -2.30. The minimum absolute atomic E-state index is 0.0440. The molecule has 2 unspecified atom stereocenters. The van der Waals surface area contributed by atoms with Gasteiger partial charge in [-0.3, -0.25) is 4.79 Å². The zero-order valence-corrected chi connectivity index (χ0v) is 9.22. The maximum Gasteiger partial charge on any atom is 0.223 e. The highest BCUT2D eigenvalue weighted by molar-refractivity contribution is 5.79. The van der Waals surface area contributed by atoms with Crippen LogP contribution in [0.3, 0.4) is 0 Å². The molecule has 1 rings (SSSR count). The maximum absolute atomic E-state index is 11.8. The molecule has 0 saturated heterocycles. The zero-order valence-electron chi connectivity index (χ0n) is 9.22. The minimum Gasteiger partial charge on any atom is -0.394 e. The number of hydrogen-bond donors (Lipinski definition) is 5. The van der Waals surface area contributed by atoms with E-state index >= 15 is 0 Å². The van der Waals surface area contributed by atoms with Crippen LogP contribution in [0.5, 0.6) is 0 Å². The summed E-state index contributed by atoms with van der Waals surface area (Å²) in [6.07, 6.45) is 2.14. The zero-order chi connectivity index (χ0) is 12.2. The van der Waals surface area contributed by atoms with Crippen molar-refractivity contribution in [3.8, 4) is 0 Å². The first-order valence-corrected chi connectivity index (χ1v) is 5.47. The Morgan fingerprint density at radius 2 is 1.81 bits per heavy atom. The molecule has 0 radical (unpaired) electrons. The van der Waals surface area contributed by atoms with Crippen LogP contribution in [0.15, 0.2) is 0 Å². The van der Waals surface area contributed by atoms with Crippen molar-refractivity contribution in [3.63, 3.8) is 0 Å². The monoisotopic (exact) mass is 232 g/mol. The summed E-state index contributed by atoms with van der Waals surface area (Å²) in [6.45, 7) is -1.49. The van der Waals surface area contributed by atoms with Crippen LogP contribution in [-0.4, -0.2) is 52.6 Å². The predicted molar refractivity (Wildman–Crippen MR) is 57.4 cm³/mol. The summed E-state index contributed by atoms with van der Waals surface area (Å²) in [5, 5.41) is 29.7.